The van der Waals surface area contributed by atoms with E-state index < -0.39 is 0 Å². The molecule has 2 aliphatic rings. The fourth-order valence-electron chi connectivity index (χ4n) is 3.05. The van der Waals surface area contributed by atoms with Crippen LogP contribution in [0.1, 0.15) is 26.2 Å². The second-order valence-corrected chi connectivity index (χ2v) is 5.73. The van der Waals surface area contributed by atoms with Crippen LogP contribution < -0.4 is 5.73 Å². The molecule has 110 valence electrons. The van der Waals surface area contributed by atoms with Crippen molar-refractivity contribution in [2.24, 2.45) is 5.73 Å². The van der Waals surface area contributed by atoms with Crippen molar-refractivity contribution in [1.82, 2.24) is 14.7 Å². The number of nitrogens with two attached hydrogens (primary N) is 1. The Morgan fingerprint density at radius 2 is 1.74 bits per heavy atom. The van der Waals surface area contributed by atoms with Crippen molar-refractivity contribution in [3.63, 3.8) is 0 Å². The molecule has 2 fully saturated rings. The van der Waals surface area contributed by atoms with Gasteiger partial charge in [-0.1, -0.05) is 0 Å². The standard InChI is InChI=1S/C14H28N4O/c1-13(14(19)18-7-2-3-8-18)17-11-9-16(10-12-17)6-4-5-15/h13H,2-12,15H2,1H3. The molecule has 0 aromatic carbocycles. The number of nitrogens with zero attached hydrogens (tertiary/aromatic N) is 3. The van der Waals surface area contributed by atoms with Crippen LogP contribution in [-0.2, 0) is 4.79 Å². The molecule has 0 aromatic heterocycles. The SMILES string of the molecule is CC(C(=O)N1CCCC1)N1CCN(CCCN)CC1. The molecule has 2 aliphatic heterocycles. The van der Waals surface area contributed by atoms with Crippen molar-refractivity contribution in [1.29, 1.82) is 0 Å². The second-order valence-electron chi connectivity index (χ2n) is 5.73. The summed E-state index contributed by atoms with van der Waals surface area (Å²) in [6.45, 7) is 9.99. The van der Waals surface area contributed by atoms with E-state index in [1.165, 1.54) is 12.8 Å². The van der Waals surface area contributed by atoms with Crippen molar-refractivity contribution in [2.45, 2.75) is 32.2 Å². The van der Waals surface area contributed by atoms with Crippen molar-refractivity contribution in [3.8, 4) is 0 Å². The Hall–Kier alpha value is -0.650. The summed E-state index contributed by atoms with van der Waals surface area (Å²) in [6, 6.07) is 0.0507. The van der Waals surface area contributed by atoms with Gasteiger partial charge in [0.15, 0.2) is 0 Å². The van der Waals surface area contributed by atoms with E-state index in [1.807, 2.05) is 4.90 Å². The molecule has 1 unspecified atom stereocenters. The molecule has 2 N–H and O–H groups in total. The van der Waals surface area contributed by atoms with Gasteiger partial charge in [-0.15, -0.1) is 0 Å². The van der Waals surface area contributed by atoms with Gasteiger partial charge < -0.3 is 15.5 Å². The van der Waals surface area contributed by atoms with Gasteiger partial charge in [-0.25, -0.2) is 0 Å². The largest absolute Gasteiger partial charge is 0.341 e. The van der Waals surface area contributed by atoms with Crippen LogP contribution in [0.5, 0.6) is 0 Å². The van der Waals surface area contributed by atoms with Crippen molar-refractivity contribution >= 4 is 5.91 Å². The summed E-state index contributed by atoms with van der Waals surface area (Å²) in [4.78, 5) is 19.2. The molecule has 0 bridgehead atoms. The van der Waals surface area contributed by atoms with E-state index in [-0.39, 0.29) is 6.04 Å². The smallest absolute Gasteiger partial charge is 0.239 e. The first-order chi connectivity index (χ1) is 9.22. The zero-order chi connectivity index (χ0) is 13.7. The molecular weight excluding hydrogens is 240 g/mol. The Labute approximate surface area is 116 Å². The highest BCUT2D eigenvalue weighted by atomic mass is 16.2. The highest BCUT2D eigenvalue weighted by molar-refractivity contribution is 5.81. The normalized spacial score (nSPS) is 23.8. The number of likely N-dealkylation sites (tertiary alicyclic amines) is 1. The van der Waals surface area contributed by atoms with E-state index in [9.17, 15) is 4.79 Å². The summed E-state index contributed by atoms with van der Waals surface area (Å²) in [5, 5.41) is 0. The first-order valence-corrected chi connectivity index (χ1v) is 7.67. The lowest BCUT2D eigenvalue weighted by Crippen LogP contribution is -2.54. The second kappa shape index (κ2) is 7.22. The summed E-state index contributed by atoms with van der Waals surface area (Å²) in [5.41, 5.74) is 5.54. The molecule has 2 saturated heterocycles. The van der Waals surface area contributed by atoms with Crippen LogP contribution in [0.15, 0.2) is 0 Å². The molecule has 0 saturated carbocycles. The molecule has 5 nitrogen and oxygen atoms in total. The van der Waals surface area contributed by atoms with Gasteiger partial charge in [0, 0.05) is 39.3 Å². The molecule has 0 spiro atoms. The third-order valence-corrected chi connectivity index (χ3v) is 4.41. The molecule has 1 amide bonds. The van der Waals surface area contributed by atoms with Gasteiger partial charge in [-0.05, 0) is 39.3 Å². The Balaban J connectivity index is 1.75. The average Bonchev–Trinajstić information content (AvgIpc) is 2.98. The lowest BCUT2D eigenvalue weighted by Gasteiger charge is -2.38. The number of hydrogen-bond acceptors (Lipinski definition) is 4. The minimum atomic E-state index is 0.0507. The van der Waals surface area contributed by atoms with Crippen molar-refractivity contribution < 1.29 is 4.79 Å². The maximum absolute atomic E-state index is 12.4. The zero-order valence-electron chi connectivity index (χ0n) is 12.2. The predicted molar refractivity (Wildman–Crippen MR) is 77.0 cm³/mol. The van der Waals surface area contributed by atoms with Crippen molar-refractivity contribution in [2.75, 3.05) is 52.4 Å². The predicted octanol–water partition coefficient (Wildman–Crippen LogP) is -0.0363. The molecule has 2 rings (SSSR count). The number of piperazine rings is 1. The maximum Gasteiger partial charge on any atom is 0.239 e. The van der Waals surface area contributed by atoms with E-state index in [1.54, 1.807) is 0 Å². The molecule has 1 atom stereocenters. The van der Waals surface area contributed by atoms with Gasteiger partial charge in [-0.3, -0.25) is 9.69 Å². The summed E-state index contributed by atoms with van der Waals surface area (Å²) < 4.78 is 0. The summed E-state index contributed by atoms with van der Waals surface area (Å²) in [5.74, 6) is 0.327. The van der Waals surface area contributed by atoms with Crippen LogP contribution in [0.2, 0.25) is 0 Å². The molecule has 19 heavy (non-hydrogen) atoms. The van der Waals surface area contributed by atoms with E-state index in [0.29, 0.717) is 5.91 Å². The van der Waals surface area contributed by atoms with Crippen LogP contribution in [-0.4, -0.2) is 79.0 Å². The van der Waals surface area contributed by atoms with E-state index in [4.69, 9.17) is 5.73 Å². The Kier molecular flexibility index (Phi) is 5.60. The highest BCUT2D eigenvalue weighted by Gasteiger charge is 2.29. The minimum Gasteiger partial charge on any atom is -0.341 e. The lowest BCUT2D eigenvalue weighted by atomic mass is 10.2. The van der Waals surface area contributed by atoms with Crippen LogP contribution in [0.3, 0.4) is 0 Å². The minimum absolute atomic E-state index is 0.0507. The number of hydrogen-bond donors (Lipinski definition) is 1. The number of rotatable bonds is 5. The number of amides is 1. The summed E-state index contributed by atoms with van der Waals surface area (Å²) in [6.07, 6.45) is 3.42. The van der Waals surface area contributed by atoms with Crippen LogP contribution in [0, 0.1) is 0 Å². The van der Waals surface area contributed by atoms with Crippen LogP contribution >= 0.6 is 0 Å². The molecule has 5 heteroatoms. The van der Waals surface area contributed by atoms with E-state index in [2.05, 4.69) is 16.7 Å². The molecule has 2 heterocycles. The van der Waals surface area contributed by atoms with Crippen molar-refractivity contribution in [3.05, 3.63) is 0 Å². The fourth-order valence-corrected chi connectivity index (χ4v) is 3.05. The number of carbonyl (C=O) groups is 1. The zero-order valence-corrected chi connectivity index (χ0v) is 12.2. The maximum atomic E-state index is 12.4. The third kappa shape index (κ3) is 3.91. The molecule has 0 aliphatic carbocycles. The monoisotopic (exact) mass is 268 g/mol. The lowest BCUT2D eigenvalue weighted by molar-refractivity contribution is -0.136. The van der Waals surface area contributed by atoms with Gasteiger partial charge >= 0.3 is 0 Å². The first-order valence-electron chi connectivity index (χ1n) is 7.67. The fraction of sp³-hybridized carbons (Fsp3) is 0.929. The quantitative estimate of drug-likeness (QED) is 0.760. The first kappa shape index (κ1) is 14.8. The van der Waals surface area contributed by atoms with E-state index in [0.717, 1.165) is 58.8 Å². The van der Waals surface area contributed by atoms with Gasteiger partial charge in [0.1, 0.15) is 0 Å². The highest BCUT2D eigenvalue weighted by Crippen LogP contribution is 2.13. The molecule has 0 radical (unpaired) electrons. The third-order valence-electron chi connectivity index (χ3n) is 4.41. The molecular formula is C14H28N4O. The Bertz CT molecular complexity index is 283. The topological polar surface area (TPSA) is 52.8 Å². The van der Waals surface area contributed by atoms with Crippen LogP contribution in [0.25, 0.3) is 0 Å². The van der Waals surface area contributed by atoms with E-state index >= 15 is 0 Å². The van der Waals surface area contributed by atoms with Gasteiger partial charge in [-0.2, -0.15) is 0 Å². The molecule has 0 aromatic rings. The summed E-state index contributed by atoms with van der Waals surface area (Å²) in [7, 11) is 0. The Morgan fingerprint density at radius 3 is 2.32 bits per heavy atom. The van der Waals surface area contributed by atoms with Crippen LogP contribution in [0.4, 0.5) is 0 Å². The van der Waals surface area contributed by atoms with Gasteiger partial charge in [0.05, 0.1) is 6.04 Å². The summed E-state index contributed by atoms with van der Waals surface area (Å²) >= 11 is 0. The number of carbonyl (C=O) groups excluding carboxylic acids is 1. The Morgan fingerprint density at radius 1 is 1.11 bits per heavy atom. The van der Waals surface area contributed by atoms with Gasteiger partial charge in [0.2, 0.25) is 5.91 Å². The van der Waals surface area contributed by atoms with Gasteiger partial charge in [0.25, 0.3) is 0 Å². The average molecular weight is 268 g/mol.